The molecular formula is C15H26F3N3O2. The van der Waals surface area contributed by atoms with E-state index in [2.05, 4.69) is 5.32 Å². The van der Waals surface area contributed by atoms with Gasteiger partial charge >= 0.3 is 12.2 Å². The van der Waals surface area contributed by atoms with Crippen molar-refractivity contribution in [3.8, 4) is 0 Å². The predicted octanol–water partition coefficient (Wildman–Crippen LogP) is 1.67. The molecule has 0 spiro atoms. The maximum absolute atomic E-state index is 12.3. The molecule has 2 rings (SSSR count). The molecule has 0 aromatic carbocycles. The highest BCUT2D eigenvalue weighted by Crippen LogP contribution is 2.22. The van der Waals surface area contributed by atoms with Crippen molar-refractivity contribution in [3.63, 3.8) is 0 Å². The average molecular weight is 337 g/mol. The smallest absolute Gasteiger partial charge is 0.396 e. The molecule has 2 fully saturated rings. The van der Waals surface area contributed by atoms with E-state index in [0.29, 0.717) is 45.6 Å². The van der Waals surface area contributed by atoms with Gasteiger partial charge in [-0.2, -0.15) is 13.2 Å². The lowest BCUT2D eigenvalue weighted by molar-refractivity contribution is -0.148. The van der Waals surface area contributed by atoms with Crippen molar-refractivity contribution in [2.24, 2.45) is 11.8 Å². The van der Waals surface area contributed by atoms with Crippen LogP contribution in [-0.2, 0) is 0 Å². The summed E-state index contributed by atoms with van der Waals surface area (Å²) in [5.74, 6) is 0.537. The standard InChI is InChI=1S/C15H26F3N3O2/c16-15(17,18)11-20-5-1-12(2-6-20)9-19-14(23)21-7-3-13(10-22)4-8-21/h12-13,22H,1-11H2,(H,19,23). The van der Waals surface area contributed by atoms with E-state index in [1.54, 1.807) is 4.90 Å². The Balaban J connectivity index is 1.63. The number of aliphatic hydroxyl groups is 1. The molecule has 0 saturated carbocycles. The van der Waals surface area contributed by atoms with Gasteiger partial charge in [-0.3, -0.25) is 4.90 Å². The molecule has 0 atom stereocenters. The number of likely N-dealkylation sites (tertiary alicyclic amines) is 2. The molecule has 0 bridgehead atoms. The van der Waals surface area contributed by atoms with E-state index in [1.807, 2.05) is 0 Å². The van der Waals surface area contributed by atoms with E-state index >= 15 is 0 Å². The maximum atomic E-state index is 12.3. The van der Waals surface area contributed by atoms with Crippen molar-refractivity contribution in [2.75, 3.05) is 45.9 Å². The first kappa shape index (κ1) is 18.3. The Morgan fingerprint density at radius 1 is 1.04 bits per heavy atom. The number of hydrogen-bond acceptors (Lipinski definition) is 3. The van der Waals surface area contributed by atoms with Crippen LogP contribution in [-0.4, -0.2) is 73.0 Å². The molecule has 2 saturated heterocycles. The zero-order valence-corrected chi connectivity index (χ0v) is 13.3. The van der Waals surface area contributed by atoms with E-state index in [9.17, 15) is 18.0 Å². The third-order valence-electron chi connectivity index (χ3n) is 4.81. The number of alkyl halides is 3. The van der Waals surface area contributed by atoms with E-state index in [4.69, 9.17) is 5.11 Å². The molecule has 2 amide bonds. The highest BCUT2D eigenvalue weighted by Gasteiger charge is 2.32. The zero-order chi connectivity index (χ0) is 16.9. The van der Waals surface area contributed by atoms with Crippen molar-refractivity contribution in [1.82, 2.24) is 15.1 Å². The summed E-state index contributed by atoms with van der Waals surface area (Å²) in [4.78, 5) is 15.3. The Hall–Kier alpha value is -1.02. The lowest BCUT2D eigenvalue weighted by atomic mass is 9.96. The molecule has 134 valence electrons. The first-order valence-electron chi connectivity index (χ1n) is 8.30. The average Bonchev–Trinajstić information content (AvgIpc) is 2.52. The summed E-state index contributed by atoms with van der Waals surface area (Å²) in [7, 11) is 0. The van der Waals surface area contributed by atoms with Crippen molar-refractivity contribution >= 4 is 6.03 Å². The Bertz CT molecular complexity index is 377. The minimum absolute atomic E-state index is 0.0980. The van der Waals surface area contributed by atoms with Crippen LogP contribution < -0.4 is 5.32 Å². The van der Waals surface area contributed by atoms with Gasteiger partial charge in [0.15, 0.2) is 0 Å². The molecule has 8 heteroatoms. The monoisotopic (exact) mass is 337 g/mol. The first-order valence-corrected chi connectivity index (χ1v) is 8.30. The molecule has 2 heterocycles. The van der Waals surface area contributed by atoms with Gasteiger partial charge in [-0.15, -0.1) is 0 Å². The number of halogens is 3. The Labute approximate surface area is 134 Å². The SMILES string of the molecule is O=C(NCC1CCN(CC(F)(F)F)CC1)N1CCC(CO)CC1. The largest absolute Gasteiger partial charge is 0.401 e. The highest BCUT2D eigenvalue weighted by atomic mass is 19.4. The summed E-state index contributed by atoms with van der Waals surface area (Å²) in [6, 6.07) is -0.0980. The van der Waals surface area contributed by atoms with Crippen LogP contribution in [0.25, 0.3) is 0 Å². The Kier molecular flexibility index (Phi) is 6.52. The topological polar surface area (TPSA) is 55.8 Å². The molecule has 0 aromatic rings. The van der Waals surface area contributed by atoms with Crippen molar-refractivity contribution in [1.29, 1.82) is 0 Å². The molecule has 2 aliphatic heterocycles. The summed E-state index contributed by atoms with van der Waals surface area (Å²) in [5, 5.41) is 12.0. The number of nitrogens with zero attached hydrogens (tertiary/aromatic N) is 2. The third-order valence-corrected chi connectivity index (χ3v) is 4.81. The van der Waals surface area contributed by atoms with Crippen LogP contribution in [0.1, 0.15) is 25.7 Å². The Morgan fingerprint density at radius 2 is 1.61 bits per heavy atom. The first-order chi connectivity index (χ1) is 10.9. The van der Waals surface area contributed by atoms with Crippen LogP contribution in [0, 0.1) is 11.8 Å². The van der Waals surface area contributed by atoms with Gasteiger partial charge < -0.3 is 15.3 Å². The summed E-state index contributed by atoms with van der Waals surface area (Å²) in [6.07, 6.45) is -1.13. The van der Waals surface area contributed by atoms with E-state index < -0.39 is 12.7 Å². The van der Waals surface area contributed by atoms with Crippen LogP contribution in [0.15, 0.2) is 0 Å². The van der Waals surface area contributed by atoms with E-state index in [0.717, 1.165) is 12.8 Å². The molecule has 2 N–H and O–H groups in total. The number of nitrogens with one attached hydrogen (secondary N) is 1. The van der Waals surface area contributed by atoms with Gasteiger partial charge in [0.05, 0.1) is 6.54 Å². The predicted molar refractivity (Wildman–Crippen MR) is 80.0 cm³/mol. The third kappa shape index (κ3) is 6.18. The van der Waals surface area contributed by atoms with Crippen LogP contribution >= 0.6 is 0 Å². The summed E-state index contributed by atoms with van der Waals surface area (Å²) >= 11 is 0. The zero-order valence-electron chi connectivity index (χ0n) is 13.3. The molecule has 0 unspecified atom stereocenters. The number of rotatable bonds is 4. The second-order valence-corrected chi connectivity index (χ2v) is 6.63. The summed E-state index contributed by atoms with van der Waals surface area (Å²) < 4.78 is 37.0. The molecule has 5 nitrogen and oxygen atoms in total. The normalized spacial score (nSPS) is 22.3. The molecule has 0 aromatic heterocycles. The second-order valence-electron chi connectivity index (χ2n) is 6.63. The fraction of sp³-hybridized carbons (Fsp3) is 0.933. The minimum atomic E-state index is -4.14. The summed E-state index contributed by atoms with van der Waals surface area (Å²) in [6.45, 7) is 2.03. The highest BCUT2D eigenvalue weighted by molar-refractivity contribution is 5.74. The van der Waals surface area contributed by atoms with Crippen molar-refractivity contribution < 1.29 is 23.1 Å². The minimum Gasteiger partial charge on any atom is -0.396 e. The van der Waals surface area contributed by atoms with Gasteiger partial charge in [-0.05, 0) is 50.6 Å². The number of hydrogen-bond donors (Lipinski definition) is 2. The van der Waals surface area contributed by atoms with Crippen LogP contribution in [0.4, 0.5) is 18.0 Å². The van der Waals surface area contributed by atoms with Crippen molar-refractivity contribution in [3.05, 3.63) is 0 Å². The summed E-state index contributed by atoms with van der Waals surface area (Å²) in [5.41, 5.74) is 0. The van der Waals surface area contributed by atoms with Crippen LogP contribution in [0.2, 0.25) is 0 Å². The van der Waals surface area contributed by atoms with Gasteiger partial charge in [0, 0.05) is 26.2 Å². The molecular weight excluding hydrogens is 311 g/mol. The quantitative estimate of drug-likeness (QED) is 0.821. The van der Waals surface area contributed by atoms with Crippen LogP contribution in [0.3, 0.4) is 0 Å². The van der Waals surface area contributed by atoms with Crippen molar-refractivity contribution in [2.45, 2.75) is 31.9 Å². The molecule has 0 aliphatic carbocycles. The van der Waals surface area contributed by atoms with Gasteiger partial charge in [0.25, 0.3) is 0 Å². The number of aliphatic hydroxyl groups excluding tert-OH is 1. The maximum Gasteiger partial charge on any atom is 0.401 e. The number of urea groups is 1. The lowest BCUT2D eigenvalue weighted by Gasteiger charge is -2.34. The van der Waals surface area contributed by atoms with Crippen LogP contribution in [0.5, 0.6) is 0 Å². The van der Waals surface area contributed by atoms with Gasteiger partial charge in [0.2, 0.25) is 0 Å². The number of carbonyl (C=O) groups excluding carboxylic acids is 1. The van der Waals surface area contributed by atoms with Gasteiger partial charge in [-0.25, -0.2) is 4.79 Å². The number of amides is 2. The van der Waals surface area contributed by atoms with E-state index in [1.165, 1.54) is 4.90 Å². The fourth-order valence-electron chi connectivity index (χ4n) is 3.26. The number of piperidine rings is 2. The number of carbonyl (C=O) groups is 1. The molecule has 23 heavy (non-hydrogen) atoms. The molecule has 2 aliphatic rings. The Morgan fingerprint density at radius 3 is 2.13 bits per heavy atom. The van der Waals surface area contributed by atoms with Gasteiger partial charge in [-0.1, -0.05) is 0 Å². The van der Waals surface area contributed by atoms with E-state index in [-0.39, 0.29) is 24.5 Å². The lowest BCUT2D eigenvalue weighted by Crippen LogP contribution is -2.47. The fourth-order valence-corrected chi connectivity index (χ4v) is 3.26. The molecule has 0 radical (unpaired) electrons. The second kappa shape index (κ2) is 8.19. The van der Waals surface area contributed by atoms with Gasteiger partial charge in [0.1, 0.15) is 0 Å².